The van der Waals surface area contributed by atoms with Crippen LogP contribution in [0.1, 0.15) is 36.4 Å². The maximum Gasteiger partial charge on any atom is 0.137 e. The third kappa shape index (κ3) is 2.44. The molecule has 5 heteroatoms. The monoisotopic (exact) mass is 322 g/mol. The summed E-state index contributed by atoms with van der Waals surface area (Å²) in [4.78, 5) is 7.77. The number of rotatable bonds is 4. The fourth-order valence-corrected chi connectivity index (χ4v) is 3.63. The fourth-order valence-electron chi connectivity index (χ4n) is 3.63. The van der Waals surface area contributed by atoms with E-state index in [4.69, 9.17) is 9.84 Å². The zero-order valence-electron chi connectivity index (χ0n) is 14.0. The number of hydrogen-bond donors (Lipinski definition) is 1. The second-order valence-corrected chi connectivity index (χ2v) is 7.23. The van der Waals surface area contributed by atoms with Crippen LogP contribution < -0.4 is 0 Å². The molecule has 5 rings (SSSR count). The van der Waals surface area contributed by atoms with Crippen LogP contribution in [0.4, 0.5) is 0 Å². The van der Waals surface area contributed by atoms with Crippen molar-refractivity contribution in [2.75, 3.05) is 13.2 Å². The first-order chi connectivity index (χ1) is 11.8. The molecule has 3 aromatic heterocycles. The molecule has 1 aliphatic carbocycles. The summed E-state index contributed by atoms with van der Waals surface area (Å²) in [7, 11) is 0. The van der Waals surface area contributed by atoms with E-state index in [0.717, 1.165) is 49.0 Å². The van der Waals surface area contributed by atoms with Crippen LogP contribution in [0.5, 0.6) is 0 Å². The van der Waals surface area contributed by atoms with Crippen molar-refractivity contribution in [1.29, 1.82) is 0 Å². The molecule has 0 aromatic carbocycles. The molecule has 0 unspecified atom stereocenters. The Morgan fingerprint density at radius 3 is 3.00 bits per heavy atom. The minimum atomic E-state index is 0.482. The molecule has 1 atom stereocenters. The van der Waals surface area contributed by atoms with Gasteiger partial charge in [0.1, 0.15) is 5.65 Å². The lowest BCUT2D eigenvalue weighted by Crippen LogP contribution is -2.10. The lowest BCUT2D eigenvalue weighted by Gasteiger charge is -2.10. The van der Waals surface area contributed by atoms with Gasteiger partial charge < -0.3 is 9.72 Å². The van der Waals surface area contributed by atoms with Crippen LogP contribution in [-0.2, 0) is 11.3 Å². The van der Waals surface area contributed by atoms with Gasteiger partial charge in [-0.05, 0) is 49.8 Å². The van der Waals surface area contributed by atoms with Crippen molar-refractivity contribution in [2.24, 2.45) is 5.92 Å². The molecule has 1 saturated carbocycles. The van der Waals surface area contributed by atoms with Gasteiger partial charge in [-0.15, -0.1) is 0 Å². The maximum atomic E-state index is 5.61. The van der Waals surface area contributed by atoms with Gasteiger partial charge in [0.25, 0.3) is 0 Å². The molecule has 1 saturated heterocycles. The average Bonchev–Trinajstić information content (AvgIpc) is 3.01. The summed E-state index contributed by atoms with van der Waals surface area (Å²) < 4.78 is 7.84. The molecule has 0 radical (unpaired) electrons. The first kappa shape index (κ1) is 14.2. The van der Waals surface area contributed by atoms with E-state index in [-0.39, 0.29) is 0 Å². The number of H-pyrrole nitrogens is 1. The first-order valence-corrected chi connectivity index (χ1v) is 8.87. The Labute approximate surface area is 141 Å². The molecule has 5 nitrogen and oxygen atoms in total. The zero-order chi connectivity index (χ0) is 16.1. The van der Waals surface area contributed by atoms with Gasteiger partial charge in [0.15, 0.2) is 0 Å². The second-order valence-electron chi connectivity index (χ2n) is 7.23. The van der Waals surface area contributed by atoms with Crippen LogP contribution in [0.3, 0.4) is 0 Å². The largest absolute Gasteiger partial charge is 0.381 e. The summed E-state index contributed by atoms with van der Waals surface area (Å²) in [6.45, 7) is 4.84. The van der Waals surface area contributed by atoms with Gasteiger partial charge in [-0.25, -0.2) is 4.98 Å². The Balaban J connectivity index is 1.56. The molecule has 2 fully saturated rings. The van der Waals surface area contributed by atoms with E-state index < -0.39 is 0 Å². The summed E-state index contributed by atoms with van der Waals surface area (Å²) in [6.07, 6.45) is 7.72. The highest BCUT2D eigenvalue weighted by molar-refractivity contribution is 5.83. The van der Waals surface area contributed by atoms with E-state index >= 15 is 0 Å². The molecule has 0 amide bonds. The van der Waals surface area contributed by atoms with Crippen molar-refractivity contribution >= 4 is 11.0 Å². The van der Waals surface area contributed by atoms with E-state index in [1.165, 1.54) is 29.5 Å². The number of pyridine rings is 1. The zero-order valence-corrected chi connectivity index (χ0v) is 14.0. The fraction of sp³-hybridized carbons (Fsp3) is 0.474. The standard InChI is InChI=1S/C19H22N4O/c1-12-8-20-19-16(12)6-15(9-21-19)17-7-18(14-4-5-24-11-14)23(22-17)10-13-2-3-13/h6-9,13-14H,2-5,10-11H2,1H3,(H,20,21)/t14-/m0/s1. The van der Waals surface area contributed by atoms with E-state index in [9.17, 15) is 0 Å². The van der Waals surface area contributed by atoms with Crippen molar-refractivity contribution in [3.05, 3.63) is 35.8 Å². The number of aromatic nitrogens is 4. The van der Waals surface area contributed by atoms with Crippen LogP contribution in [0.2, 0.25) is 0 Å². The van der Waals surface area contributed by atoms with Crippen LogP contribution in [-0.4, -0.2) is 33.0 Å². The number of nitrogens with one attached hydrogen (secondary N) is 1. The Kier molecular flexibility index (Phi) is 3.23. The van der Waals surface area contributed by atoms with E-state index in [1.807, 2.05) is 12.4 Å². The Morgan fingerprint density at radius 1 is 1.29 bits per heavy atom. The van der Waals surface area contributed by atoms with Gasteiger partial charge in [-0.2, -0.15) is 5.10 Å². The molecule has 24 heavy (non-hydrogen) atoms. The lowest BCUT2D eigenvalue weighted by molar-refractivity contribution is 0.193. The van der Waals surface area contributed by atoms with Crippen LogP contribution in [0, 0.1) is 12.8 Å². The Morgan fingerprint density at radius 2 is 2.21 bits per heavy atom. The van der Waals surface area contributed by atoms with Gasteiger partial charge in [0.2, 0.25) is 0 Å². The van der Waals surface area contributed by atoms with Crippen molar-refractivity contribution in [2.45, 2.75) is 38.6 Å². The topological polar surface area (TPSA) is 55.7 Å². The van der Waals surface area contributed by atoms with Gasteiger partial charge >= 0.3 is 0 Å². The van der Waals surface area contributed by atoms with Gasteiger partial charge in [-0.3, -0.25) is 4.68 Å². The Bertz CT molecular complexity index is 884. The summed E-state index contributed by atoms with van der Waals surface area (Å²) >= 11 is 0. The molecule has 3 aromatic rings. The summed E-state index contributed by atoms with van der Waals surface area (Å²) in [5, 5.41) is 6.11. The number of ether oxygens (including phenoxy) is 1. The molecule has 124 valence electrons. The molecule has 4 heterocycles. The van der Waals surface area contributed by atoms with E-state index in [0.29, 0.717) is 5.92 Å². The predicted octanol–water partition coefficient (Wildman–Crippen LogP) is 3.65. The van der Waals surface area contributed by atoms with E-state index in [2.05, 4.69) is 33.7 Å². The number of aryl methyl sites for hydroxylation is 1. The van der Waals surface area contributed by atoms with Crippen LogP contribution in [0.15, 0.2) is 24.5 Å². The van der Waals surface area contributed by atoms with Crippen LogP contribution >= 0.6 is 0 Å². The molecule has 0 bridgehead atoms. The number of aromatic amines is 1. The second kappa shape index (κ2) is 5.45. The summed E-state index contributed by atoms with van der Waals surface area (Å²) in [5.74, 6) is 1.29. The SMILES string of the molecule is Cc1c[nH]c2ncc(-c3cc([C@H]4CCOC4)n(CC4CC4)n3)cc12. The first-order valence-electron chi connectivity index (χ1n) is 8.87. The number of hydrogen-bond acceptors (Lipinski definition) is 3. The highest BCUT2D eigenvalue weighted by Crippen LogP contribution is 2.35. The molecule has 1 aliphatic heterocycles. The maximum absolute atomic E-state index is 5.61. The third-order valence-corrected chi connectivity index (χ3v) is 5.32. The minimum absolute atomic E-state index is 0.482. The highest BCUT2D eigenvalue weighted by Gasteiger charge is 2.28. The van der Waals surface area contributed by atoms with E-state index in [1.54, 1.807) is 0 Å². The number of nitrogens with zero attached hydrogens (tertiary/aromatic N) is 3. The Hall–Kier alpha value is -2.14. The molecular weight excluding hydrogens is 300 g/mol. The molecular formula is C19H22N4O. The number of fused-ring (bicyclic) bond motifs is 1. The molecule has 2 aliphatic rings. The van der Waals surface area contributed by atoms with Crippen molar-refractivity contribution in [3.8, 4) is 11.3 Å². The van der Waals surface area contributed by atoms with Crippen molar-refractivity contribution < 1.29 is 4.74 Å². The third-order valence-electron chi connectivity index (χ3n) is 5.32. The normalized spacial score (nSPS) is 21.0. The lowest BCUT2D eigenvalue weighted by atomic mass is 10.0. The molecule has 0 spiro atoms. The minimum Gasteiger partial charge on any atom is -0.381 e. The smallest absolute Gasteiger partial charge is 0.137 e. The van der Waals surface area contributed by atoms with Crippen molar-refractivity contribution in [1.82, 2.24) is 19.7 Å². The van der Waals surface area contributed by atoms with Gasteiger partial charge in [-0.1, -0.05) is 0 Å². The predicted molar refractivity (Wildman–Crippen MR) is 93.0 cm³/mol. The summed E-state index contributed by atoms with van der Waals surface area (Å²) in [5.41, 5.74) is 5.63. The quantitative estimate of drug-likeness (QED) is 0.797. The van der Waals surface area contributed by atoms with Gasteiger partial charge in [0, 0.05) is 48.1 Å². The van der Waals surface area contributed by atoms with Gasteiger partial charge in [0.05, 0.1) is 12.3 Å². The van der Waals surface area contributed by atoms with Crippen molar-refractivity contribution in [3.63, 3.8) is 0 Å². The average molecular weight is 322 g/mol. The van der Waals surface area contributed by atoms with Crippen LogP contribution in [0.25, 0.3) is 22.3 Å². The molecule has 1 N–H and O–H groups in total. The highest BCUT2D eigenvalue weighted by atomic mass is 16.5. The summed E-state index contributed by atoms with van der Waals surface area (Å²) in [6, 6.07) is 4.46.